The SMILES string of the molecule is Cc1cccc2[nH]c(C3CCN(C(=O)c4ccc(C(C)C)[nH]c4=O)CC3)nc12. The van der Waals surface area contributed by atoms with Crippen LogP contribution in [0.4, 0.5) is 0 Å². The molecule has 0 atom stereocenters. The van der Waals surface area contributed by atoms with E-state index in [1.165, 1.54) is 0 Å². The summed E-state index contributed by atoms with van der Waals surface area (Å²) in [6.45, 7) is 7.35. The number of carbonyl (C=O) groups is 1. The molecule has 1 aliphatic rings. The zero-order valence-corrected chi connectivity index (χ0v) is 16.6. The fraction of sp³-hybridized carbons (Fsp3) is 0.409. The minimum Gasteiger partial charge on any atom is -0.342 e. The van der Waals surface area contributed by atoms with Gasteiger partial charge in [-0.2, -0.15) is 0 Å². The number of amides is 1. The Morgan fingerprint density at radius 2 is 1.89 bits per heavy atom. The Morgan fingerprint density at radius 1 is 1.14 bits per heavy atom. The average molecular weight is 378 g/mol. The summed E-state index contributed by atoms with van der Waals surface area (Å²) in [5.41, 5.74) is 4.02. The van der Waals surface area contributed by atoms with Gasteiger partial charge in [-0.1, -0.05) is 26.0 Å². The minimum atomic E-state index is -0.300. The predicted molar refractivity (Wildman–Crippen MR) is 110 cm³/mol. The maximum Gasteiger partial charge on any atom is 0.261 e. The highest BCUT2D eigenvalue weighted by molar-refractivity contribution is 5.94. The number of para-hydroxylation sites is 1. The lowest BCUT2D eigenvalue weighted by Crippen LogP contribution is -2.40. The molecule has 0 unspecified atom stereocenters. The molecular weight excluding hydrogens is 352 g/mol. The topological polar surface area (TPSA) is 81.9 Å². The number of nitrogens with zero attached hydrogens (tertiary/aromatic N) is 2. The van der Waals surface area contributed by atoms with E-state index in [1.807, 2.05) is 32.0 Å². The van der Waals surface area contributed by atoms with Gasteiger partial charge in [-0.05, 0) is 49.4 Å². The molecule has 0 aliphatic carbocycles. The molecule has 2 N–H and O–H groups in total. The van der Waals surface area contributed by atoms with E-state index >= 15 is 0 Å². The normalized spacial score (nSPS) is 15.5. The van der Waals surface area contributed by atoms with Crippen molar-refractivity contribution in [2.24, 2.45) is 0 Å². The number of piperidine rings is 1. The van der Waals surface area contributed by atoms with Crippen molar-refractivity contribution in [1.29, 1.82) is 0 Å². The van der Waals surface area contributed by atoms with Gasteiger partial charge >= 0.3 is 0 Å². The molecule has 3 heterocycles. The number of aryl methyl sites for hydroxylation is 1. The van der Waals surface area contributed by atoms with E-state index < -0.39 is 0 Å². The molecule has 146 valence electrons. The number of carbonyl (C=O) groups excluding carboxylic acids is 1. The molecule has 3 aromatic rings. The zero-order chi connectivity index (χ0) is 19.8. The van der Waals surface area contributed by atoms with E-state index in [2.05, 4.69) is 23.0 Å². The Labute approximate surface area is 164 Å². The summed E-state index contributed by atoms with van der Waals surface area (Å²) in [6.07, 6.45) is 1.68. The number of pyridine rings is 1. The lowest BCUT2D eigenvalue weighted by Gasteiger charge is -2.31. The number of hydrogen-bond donors (Lipinski definition) is 2. The Hall–Kier alpha value is -2.89. The first kappa shape index (κ1) is 18.5. The van der Waals surface area contributed by atoms with E-state index in [0.717, 1.165) is 41.0 Å². The van der Waals surface area contributed by atoms with Gasteiger partial charge in [-0.25, -0.2) is 4.98 Å². The molecule has 6 nitrogen and oxygen atoms in total. The van der Waals surface area contributed by atoms with E-state index in [9.17, 15) is 9.59 Å². The summed E-state index contributed by atoms with van der Waals surface area (Å²) in [5.74, 6) is 1.34. The lowest BCUT2D eigenvalue weighted by atomic mass is 9.95. The van der Waals surface area contributed by atoms with Gasteiger partial charge in [-0.3, -0.25) is 9.59 Å². The van der Waals surface area contributed by atoms with E-state index in [1.54, 1.807) is 11.0 Å². The minimum absolute atomic E-state index is 0.185. The van der Waals surface area contributed by atoms with Crippen molar-refractivity contribution in [2.45, 2.75) is 45.4 Å². The number of aromatic nitrogens is 3. The molecule has 1 saturated heterocycles. The predicted octanol–water partition coefficient (Wildman–Crippen LogP) is 3.70. The smallest absolute Gasteiger partial charge is 0.261 e. The molecule has 0 spiro atoms. The fourth-order valence-corrected chi connectivity index (χ4v) is 3.91. The average Bonchev–Trinajstić information content (AvgIpc) is 3.13. The number of fused-ring (bicyclic) bond motifs is 1. The van der Waals surface area contributed by atoms with Crippen LogP contribution in [0.25, 0.3) is 11.0 Å². The highest BCUT2D eigenvalue weighted by atomic mass is 16.2. The largest absolute Gasteiger partial charge is 0.342 e. The van der Waals surface area contributed by atoms with Gasteiger partial charge in [0.1, 0.15) is 11.4 Å². The Morgan fingerprint density at radius 3 is 2.54 bits per heavy atom. The Bertz CT molecular complexity index is 1070. The molecule has 0 bridgehead atoms. The number of rotatable bonds is 3. The van der Waals surface area contributed by atoms with Gasteiger partial charge < -0.3 is 14.9 Å². The number of imidazole rings is 1. The number of benzene rings is 1. The van der Waals surface area contributed by atoms with Crippen LogP contribution in [-0.4, -0.2) is 38.8 Å². The van der Waals surface area contributed by atoms with Crippen LogP contribution in [0.5, 0.6) is 0 Å². The lowest BCUT2D eigenvalue weighted by molar-refractivity contribution is 0.0709. The van der Waals surface area contributed by atoms with E-state index in [0.29, 0.717) is 19.0 Å². The van der Waals surface area contributed by atoms with Gasteiger partial charge in [0.2, 0.25) is 0 Å². The third-order valence-corrected chi connectivity index (χ3v) is 5.69. The maximum absolute atomic E-state index is 12.8. The van der Waals surface area contributed by atoms with Gasteiger partial charge in [-0.15, -0.1) is 0 Å². The second-order valence-electron chi connectivity index (χ2n) is 7.97. The molecule has 1 fully saturated rings. The van der Waals surface area contributed by atoms with Crippen molar-refractivity contribution in [3.8, 4) is 0 Å². The summed E-state index contributed by atoms with van der Waals surface area (Å²) < 4.78 is 0. The van der Waals surface area contributed by atoms with Crippen molar-refractivity contribution in [2.75, 3.05) is 13.1 Å². The van der Waals surface area contributed by atoms with Crippen LogP contribution < -0.4 is 5.56 Å². The van der Waals surface area contributed by atoms with Crippen LogP contribution in [0, 0.1) is 6.92 Å². The van der Waals surface area contributed by atoms with Crippen LogP contribution in [0.3, 0.4) is 0 Å². The second-order valence-corrected chi connectivity index (χ2v) is 7.97. The zero-order valence-electron chi connectivity index (χ0n) is 16.6. The van der Waals surface area contributed by atoms with Crippen LogP contribution in [0.15, 0.2) is 35.1 Å². The van der Waals surface area contributed by atoms with Gasteiger partial charge in [0.25, 0.3) is 11.5 Å². The molecule has 6 heteroatoms. The Balaban J connectivity index is 1.47. The first-order valence-electron chi connectivity index (χ1n) is 9.91. The van der Waals surface area contributed by atoms with Crippen molar-refractivity contribution >= 4 is 16.9 Å². The molecule has 28 heavy (non-hydrogen) atoms. The molecule has 4 rings (SSSR count). The Kier molecular flexibility index (Phi) is 4.79. The molecule has 1 amide bonds. The summed E-state index contributed by atoms with van der Waals surface area (Å²) >= 11 is 0. The highest BCUT2D eigenvalue weighted by Gasteiger charge is 2.27. The molecule has 1 aliphatic heterocycles. The third kappa shape index (κ3) is 3.35. The number of hydrogen-bond acceptors (Lipinski definition) is 3. The monoisotopic (exact) mass is 378 g/mol. The van der Waals surface area contributed by atoms with Crippen molar-refractivity contribution in [3.63, 3.8) is 0 Å². The fourth-order valence-electron chi connectivity index (χ4n) is 3.91. The van der Waals surface area contributed by atoms with E-state index in [4.69, 9.17) is 4.98 Å². The van der Waals surface area contributed by atoms with Crippen molar-refractivity contribution < 1.29 is 4.79 Å². The highest BCUT2D eigenvalue weighted by Crippen LogP contribution is 2.29. The number of H-pyrrole nitrogens is 2. The van der Waals surface area contributed by atoms with Crippen molar-refractivity contribution in [1.82, 2.24) is 19.9 Å². The van der Waals surface area contributed by atoms with Gasteiger partial charge in [0.05, 0.1) is 11.0 Å². The summed E-state index contributed by atoms with van der Waals surface area (Å²) in [4.78, 5) is 38.0. The molecule has 2 aromatic heterocycles. The van der Waals surface area contributed by atoms with Crippen LogP contribution in [0.2, 0.25) is 0 Å². The van der Waals surface area contributed by atoms with Crippen molar-refractivity contribution in [3.05, 3.63) is 63.3 Å². The molecule has 0 radical (unpaired) electrons. The molecular formula is C22H26N4O2. The van der Waals surface area contributed by atoms with Crippen LogP contribution in [-0.2, 0) is 0 Å². The second kappa shape index (κ2) is 7.26. The van der Waals surface area contributed by atoms with Gasteiger partial charge in [0.15, 0.2) is 0 Å². The quantitative estimate of drug-likeness (QED) is 0.729. The molecule has 1 aromatic carbocycles. The first-order chi connectivity index (χ1) is 13.4. The molecule has 0 saturated carbocycles. The summed E-state index contributed by atoms with van der Waals surface area (Å²) in [6, 6.07) is 9.64. The first-order valence-corrected chi connectivity index (χ1v) is 9.91. The third-order valence-electron chi connectivity index (χ3n) is 5.69. The maximum atomic E-state index is 12.8. The van der Waals surface area contributed by atoms with Gasteiger partial charge in [0, 0.05) is 24.7 Å². The number of nitrogens with one attached hydrogen (secondary N) is 2. The standard InChI is InChI=1S/C22H26N4O2/c1-13(2)17-8-7-16(21(27)24-17)22(28)26-11-9-15(10-12-26)20-23-18-6-4-5-14(3)19(18)25-20/h4-8,13,15H,9-12H2,1-3H3,(H,23,25)(H,24,27). The summed E-state index contributed by atoms with van der Waals surface area (Å²) in [7, 11) is 0. The van der Waals surface area contributed by atoms with Crippen LogP contribution in [0.1, 0.15) is 66.0 Å². The number of likely N-dealkylation sites (tertiary alicyclic amines) is 1. The number of aromatic amines is 2. The summed E-state index contributed by atoms with van der Waals surface area (Å²) in [5, 5.41) is 0. The van der Waals surface area contributed by atoms with Crippen LogP contribution >= 0.6 is 0 Å². The van der Waals surface area contributed by atoms with E-state index in [-0.39, 0.29) is 22.9 Å².